The van der Waals surface area contributed by atoms with Gasteiger partial charge in [-0.25, -0.2) is 4.98 Å². The van der Waals surface area contributed by atoms with E-state index in [9.17, 15) is 9.59 Å². The van der Waals surface area contributed by atoms with E-state index in [1.165, 1.54) is 10.9 Å². The van der Waals surface area contributed by atoms with E-state index in [4.69, 9.17) is 4.74 Å². The van der Waals surface area contributed by atoms with Crippen LogP contribution in [0.25, 0.3) is 0 Å². The summed E-state index contributed by atoms with van der Waals surface area (Å²) in [6.07, 6.45) is 1.40. The van der Waals surface area contributed by atoms with E-state index in [0.29, 0.717) is 25.0 Å². The summed E-state index contributed by atoms with van der Waals surface area (Å²) in [7, 11) is 1.56. The van der Waals surface area contributed by atoms with Gasteiger partial charge in [0, 0.05) is 5.56 Å². The number of ether oxygens (including phenoxy) is 1. The monoisotopic (exact) mass is 462 g/mol. The van der Waals surface area contributed by atoms with Crippen LogP contribution in [0.5, 0.6) is 5.75 Å². The van der Waals surface area contributed by atoms with Crippen LogP contribution >= 0.6 is 38.5 Å². The zero-order valence-corrected chi connectivity index (χ0v) is 15.1. The molecule has 0 fully saturated rings. The molecule has 0 spiro atoms. The summed E-state index contributed by atoms with van der Waals surface area (Å²) in [4.78, 5) is 28.4. The Kier molecular flexibility index (Phi) is 5.15. The molecule has 0 atom stereocenters. The lowest BCUT2D eigenvalue weighted by Crippen LogP contribution is -2.27. The molecule has 1 aromatic heterocycles. The van der Waals surface area contributed by atoms with Crippen molar-refractivity contribution in [2.24, 2.45) is 0 Å². The molecule has 0 unspecified atom stereocenters. The molecule has 0 saturated heterocycles. The Morgan fingerprint density at radius 2 is 2.19 bits per heavy atom. The highest BCUT2D eigenvalue weighted by molar-refractivity contribution is 14.1. The van der Waals surface area contributed by atoms with Gasteiger partial charge in [0.1, 0.15) is 5.75 Å². The highest BCUT2D eigenvalue weighted by atomic mass is 127. The molecule has 0 aliphatic heterocycles. The topological polar surface area (TPSA) is 61.2 Å². The fourth-order valence-corrected chi connectivity index (χ4v) is 2.73. The van der Waals surface area contributed by atoms with Crippen LogP contribution in [0.1, 0.15) is 16.1 Å². The van der Waals surface area contributed by atoms with E-state index < -0.39 is 0 Å². The maximum Gasteiger partial charge on any atom is 0.267 e. The number of aromatic nitrogens is 2. The fourth-order valence-electron chi connectivity index (χ4n) is 1.74. The molecule has 0 N–H and O–H groups in total. The van der Waals surface area contributed by atoms with E-state index in [-0.39, 0.29) is 17.9 Å². The van der Waals surface area contributed by atoms with Gasteiger partial charge in [-0.05, 0) is 63.6 Å². The van der Waals surface area contributed by atoms with Crippen LogP contribution in [0.15, 0.2) is 33.8 Å². The van der Waals surface area contributed by atoms with Crippen molar-refractivity contribution in [3.05, 3.63) is 54.2 Å². The number of halogens is 2. The largest absolute Gasteiger partial charge is 0.496 e. The maximum absolute atomic E-state index is 12.3. The molecule has 0 amide bonds. The molecule has 5 nitrogen and oxygen atoms in total. The van der Waals surface area contributed by atoms with Crippen molar-refractivity contribution >= 4 is 44.3 Å². The number of ketones is 1. The summed E-state index contributed by atoms with van der Waals surface area (Å²) in [5.74, 6) is 0.483. The smallest absolute Gasteiger partial charge is 0.267 e. The third-order valence-corrected chi connectivity index (χ3v) is 4.81. The van der Waals surface area contributed by atoms with E-state index in [0.717, 1.165) is 0 Å². The zero-order chi connectivity index (χ0) is 15.6. The van der Waals surface area contributed by atoms with Crippen LogP contribution in [-0.4, -0.2) is 22.4 Å². The summed E-state index contributed by atoms with van der Waals surface area (Å²) in [5, 5.41) is 0. The van der Waals surface area contributed by atoms with Crippen molar-refractivity contribution in [2.75, 3.05) is 7.11 Å². The molecule has 0 saturated carbocycles. The zero-order valence-electron chi connectivity index (χ0n) is 11.4. The van der Waals surface area contributed by atoms with Gasteiger partial charge in [-0.1, -0.05) is 0 Å². The molecule has 0 bridgehead atoms. The number of benzene rings is 1. The molecule has 2 aromatic rings. The van der Waals surface area contributed by atoms with E-state index in [1.54, 1.807) is 32.2 Å². The van der Waals surface area contributed by atoms with Gasteiger partial charge in [-0.2, -0.15) is 0 Å². The first-order chi connectivity index (χ1) is 9.93. The second-order valence-electron chi connectivity index (χ2n) is 4.35. The molecule has 0 aliphatic carbocycles. The Labute approximate surface area is 143 Å². The number of Topliss-reactive ketones (excluding diaryl/α,β-unsaturated/α-hetero) is 1. The van der Waals surface area contributed by atoms with Gasteiger partial charge < -0.3 is 4.74 Å². The van der Waals surface area contributed by atoms with Crippen molar-refractivity contribution in [3.63, 3.8) is 0 Å². The minimum Gasteiger partial charge on any atom is -0.496 e. The predicted octanol–water partition coefficient (Wildman–Crippen LogP) is 2.81. The summed E-state index contributed by atoms with van der Waals surface area (Å²) in [6.45, 7) is 1.72. The maximum atomic E-state index is 12.3. The predicted molar refractivity (Wildman–Crippen MR) is 91.0 cm³/mol. The van der Waals surface area contributed by atoms with Gasteiger partial charge >= 0.3 is 0 Å². The fraction of sp³-hybridized carbons (Fsp3) is 0.214. The number of hydrogen-bond donors (Lipinski definition) is 0. The number of carbonyl (C=O) groups is 1. The van der Waals surface area contributed by atoms with Crippen molar-refractivity contribution in [3.8, 4) is 5.75 Å². The molecule has 0 radical (unpaired) electrons. The molecular weight excluding hydrogens is 451 g/mol. The quantitative estimate of drug-likeness (QED) is 0.517. The van der Waals surface area contributed by atoms with Crippen molar-refractivity contribution in [1.29, 1.82) is 0 Å². The second-order valence-corrected chi connectivity index (χ2v) is 6.28. The number of hydrogen-bond acceptors (Lipinski definition) is 4. The molecule has 1 heterocycles. The van der Waals surface area contributed by atoms with Crippen molar-refractivity contribution in [2.45, 2.75) is 13.5 Å². The highest BCUT2D eigenvalue weighted by Gasteiger charge is 2.12. The number of rotatable bonds is 4. The van der Waals surface area contributed by atoms with Gasteiger partial charge in [-0.3, -0.25) is 14.2 Å². The van der Waals surface area contributed by atoms with E-state index in [1.807, 2.05) is 22.6 Å². The third-order valence-electron chi connectivity index (χ3n) is 2.94. The lowest BCUT2D eigenvalue weighted by molar-refractivity contribution is 0.0970. The number of carbonyl (C=O) groups excluding carboxylic acids is 1. The first-order valence-electron chi connectivity index (χ1n) is 6.02. The standard InChI is InChI=1S/C14H12BrIN2O3/c1-8-13(16)14(20)18(7-17-8)6-11(19)9-3-4-12(21-2)10(15)5-9/h3-5,7H,6H2,1-2H3. The minimum absolute atomic E-state index is 0.0408. The molecule has 1 aromatic carbocycles. The van der Waals surface area contributed by atoms with Crippen LogP contribution in [0.4, 0.5) is 0 Å². The van der Waals surface area contributed by atoms with Crippen LogP contribution in [0, 0.1) is 10.5 Å². The molecular formula is C14H12BrIN2O3. The normalized spacial score (nSPS) is 10.5. The Morgan fingerprint density at radius 1 is 1.48 bits per heavy atom. The first kappa shape index (κ1) is 16.2. The Balaban J connectivity index is 2.28. The molecule has 110 valence electrons. The van der Waals surface area contributed by atoms with E-state index in [2.05, 4.69) is 20.9 Å². The lowest BCUT2D eigenvalue weighted by atomic mass is 10.1. The number of nitrogens with zero attached hydrogens (tertiary/aromatic N) is 2. The van der Waals surface area contributed by atoms with Gasteiger partial charge in [0.2, 0.25) is 0 Å². The summed E-state index contributed by atoms with van der Waals surface area (Å²) < 4.78 is 7.66. The average molecular weight is 463 g/mol. The molecule has 0 aliphatic rings. The number of aryl methyl sites for hydroxylation is 1. The Morgan fingerprint density at radius 3 is 2.81 bits per heavy atom. The van der Waals surface area contributed by atoms with Gasteiger partial charge in [0.05, 0.1) is 33.7 Å². The first-order valence-corrected chi connectivity index (χ1v) is 7.89. The summed E-state index contributed by atoms with van der Waals surface area (Å²) in [6, 6.07) is 5.06. The van der Waals surface area contributed by atoms with Crippen LogP contribution < -0.4 is 10.3 Å². The highest BCUT2D eigenvalue weighted by Crippen LogP contribution is 2.25. The molecule has 21 heavy (non-hydrogen) atoms. The molecule has 2 rings (SSSR count). The van der Waals surface area contributed by atoms with Gasteiger partial charge in [0.15, 0.2) is 5.78 Å². The number of methoxy groups -OCH3 is 1. The Hall–Kier alpha value is -1.22. The second kappa shape index (κ2) is 6.69. The third kappa shape index (κ3) is 3.52. The van der Waals surface area contributed by atoms with Crippen molar-refractivity contribution in [1.82, 2.24) is 9.55 Å². The van der Waals surface area contributed by atoms with Crippen LogP contribution in [0.3, 0.4) is 0 Å². The summed E-state index contributed by atoms with van der Waals surface area (Å²) in [5.41, 5.74) is 0.964. The summed E-state index contributed by atoms with van der Waals surface area (Å²) >= 11 is 5.28. The van der Waals surface area contributed by atoms with Gasteiger partial charge in [-0.15, -0.1) is 0 Å². The van der Waals surface area contributed by atoms with Crippen LogP contribution in [-0.2, 0) is 6.54 Å². The van der Waals surface area contributed by atoms with Crippen LogP contribution in [0.2, 0.25) is 0 Å². The van der Waals surface area contributed by atoms with Gasteiger partial charge in [0.25, 0.3) is 5.56 Å². The lowest BCUT2D eigenvalue weighted by Gasteiger charge is -2.08. The SMILES string of the molecule is COc1ccc(C(=O)Cn2cnc(C)c(I)c2=O)cc1Br. The molecule has 7 heteroatoms. The minimum atomic E-state index is -0.205. The van der Waals surface area contributed by atoms with E-state index >= 15 is 0 Å². The van der Waals surface area contributed by atoms with Crippen molar-refractivity contribution < 1.29 is 9.53 Å². The Bertz CT molecular complexity index is 758. The average Bonchev–Trinajstić information content (AvgIpc) is 2.47.